The van der Waals surface area contributed by atoms with Crippen molar-refractivity contribution in [3.8, 4) is 11.6 Å². The molecule has 3 rings (SSSR count). The Labute approximate surface area is 187 Å². The fourth-order valence-electron chi connectivity index (χ4n) is 2.99. The van der Waals surface area contributed by atoms with E-state index < -0.39 is 5.97 Å². The summed E-state index contributed by atoms with van der Waals surface area (Å²) in [5, 5.41) is 8.76. The van der Waals surface area contributed by atoms with E-state index in [9.17, 15) is 4.79 Å². The van der Waals surface area contributed by atoms with Crippen molar-refractivity contribution in [1.29, 1.82) is 0 Å². The van der Waals surface area contributed by atoms with Gasteiger partial charge in [0.2, 0.25) is 5.88 Å². The van der Waals surface area contributed by atoms with Crippen molar-refractivity contribution < 1.29 is 29.0 Å². The molecule has 0 aliphatic carbocycles. The minimum Gasteiger partial charge on any atom is -0.489 e. The monoisotopic (exact) mass is 435 g/mol. The Morgan fingerprint density at radius 2 is 1.69 bits per heavy atom. The molecule has 0 aliphatic heterocycles. The lowest BCUT2D eigenvalue weighted by Crippen LogP contribution is -2.24. The number of aliphatic carboxylic acids is 1. The number of carbonyl (C=O) groups is 1. The summed E-state index contributed by atoms with van der Waals surface area (Å²) in [6, 6.07) is 21.1. The first kappa shape index (κ1) is 22.8. The Balaban J connectivity index is 1.53. The molecule has 32 heavy (non-hydrogen) atoms. The van der Waals surface area contributed by atoms with E-state index in [-0.39, 0.29) is 6.42 Å². The van der Waals surface area contributed by atoms with Crippen LogP contribution in [0.1, 0.15) is 23.1 Å². The number of hydrogen-bond donors (Lipinski definition) is 1. The van der Waals surface area contributed by atoms with Crippen LogP contribution in [0.25, 0.3) is 0 Å². The maximum absolute atomic E-state index is 10.7. The minimum absolute atomic E-state index is 0.118. The third kappa shape index (κ3) is 6.84. The molecule has 0 spiro atoms. The minimum atomic E-state index is -0.801. The second-order valence-corrected chi connectivity index (χ2v) is 7.11. The van der Waals surface area contributed by atoms with Crippen molar-refractivity contribution in [2.24, 2.45) is 0 Å². The van der Waals surface area contributed by atoms with Crippen molar-refractivity contribution >= 4 is 11.7 Å². The maximum atomic E-state index is 10.7. The van der Waals surface area contributed by atoms with Gasteiger partial charge in [0.25, 0.3) is 5.71 Å². The summed E-state index contributed by atoms with van der Waals surface area (Å²) >= 11 is 0. The maximum Gasteiger partial charge on any atom is 0.303 e. The van der Waals surface area contributed by atoms with Crippen LogP contribution in [0.5, 0.6) is 11.6 Å². The zero-order chi connectivity index (χ0) is 22.8. The van der Waals surface area contributed by atoms with Crippen molar-refractivity contribution in [2.45, 2.75) is 19.4 Å². The summed E-state index contributed by atoms with van der Waals surface area (Å²) in [6.45, 7) is 0.682. The van der Waals surface area contributed by atoms with Crippen LogP contribution in [0.4, 0.5) is 0 Å². The van der Waals surface area contributed by atoms with Crippen molar-refractivity contribution in [2.75, 3.05) is 20.8 Å². The van der Waals surface area contributed by atoms with E-state index in [2.05, 4.69) is 4.98 Å². The van der Waals surface area contributed by atoms with Crippen LogP contribution in [0, 0.1) is 0 Å². The molecule has 2 aromatic carbocycles. The fraction of sp³-hybridized carbons (Fsp3) is 0.240. The molecule has 166 valence electrons. The topological polar surface area (TPSA) is 80.9 Å². The Bertz CT molecular complexity index is 1030. The summed E-state index contributed by atoms with van der Waals surface area (Å²) in [7, 11) is 3.44. The average Bonchev–Trinajstić information content (AvgIpc) is 2.83. The molecule has 0 fully saturated rings. The molecule has 7 nitrogen and oxygen atoms in total. The molecule has 0 aliphatic rings. The number of carboxylic acids is 1. The van der Waals surface area contributed by atoms with Crippen molar-refractivity contribution in [3.63, 3.8) is 0 Å². The van der Waals surface area contributed by atoms with Gasteiger partial charge in [-0.1, -0.05) is 30.3 Å². The number of pyridine rings is 1. The number of hydroxylamine groups is 1. The molecule has 0 saturated heterocycles. The lowest BCUT2D eigenvalue weighted by Gasteiger charge is -2.09. The number of hydrogen-bond acceptors (Lipinski definition) is 5. The van der Waals surface area contributed by atoms with Gasteiger partial charge in [-0.05, 0) is 47.1 Å². The SMILES string of the molecule is CO[N+](C)=C(COc1ccc(COc2ccc(CCC(=O)O)cc2)cn1)c1ccccc1. The van der Waals surface area contributed by atoms with Gasteiger partial charge in [0, 0.05) is 29.8 Å². The number of rotatable bonds is 11. The third-order valence-corrected chi connectivity index (χ3v) is 4.87. The molecule has 1 heterocycles. The summed E-state index contributed by atoms with van der Waals surface area (Å²) in [5.41, 5.74) is 3.77. The Morgan fingerprint density at radius 1 is 0.969 bits per heavy atom. The molecule has 0 saturated carbocycles. The third-order valence-electron chi connectivity index (χ3n) is 4.87. The lowest BCUT2D eigenvalue weighted by atomic mass is 10.1. The highest BCUT2D eigenvalue weighted by Crippen LogP contribution is 2.16. The van der Waals surface area contributed by atoms with Crippen LogP contribution in [0.15, 0.2) is 72.9 Å². The van der Waals surface area contributed by atoms with Gasteiger partial charge >= 0.3 is 5.97 Å². The van der Waals surface area contributed by atoms with Crippen LogP contribution in [0.2, 0.25) is 0 Å². The first-order chi connectivity index (χ1) is 15.5. The fourth-order valence-corrected chi connectivity index (χ4v) is 2.99. The number of aromatic nitrogens is 1. The van der Waals surface area contributed by atoms with Gasteiger partial charge in [-0.3, -0.25) is 9.63 Å². The molecule has 1 aromatic heterocycles. The van der Waals surface area contributed by atoms with E-state index in [4.69, 9.17) is 19.4 Å². The lowest BCUT2D eigenvalue weighted by molar-refractivity contribution is -0.761. The Hall–Kier alpha value is -3.87. The zero-order valence-electron chi connectivity index (χ0n) is 18.2. The molecular weight excluding hydrogens is 408 g/mol. The highest BCUT2D eigenvalue weighted by atomic mass is 16.7. The number of aryl methyl sites for hydroxylation is 1. The van der Waals surface area contributed by atoms with Crippen LogP contribution in [-0.2, 0) is 22.7 Å². The summed E-state index contributed by atoms with van der Waals surface area (Å²) in [4.78, 5) is 20.4. The molecule has 0 bridgehead atoms. The highest BCUT2D eigenvalue weighted by Gasteiger charge is 2.16. The molecule has 0 unspecified atom stereocenters. The van der Waals surface area contributed by atoms with Gasteiger partial charge in [0.1, 0.15) is 19.5 Å². The van der Waals surface area contributed by atoms with E-state index in [0.29, 0.717) is 31.3 Å². The molecule has 7 heteroatoms. The number of ether oxygens (including phenoxy) is 2. The summed E-state index contributed by atoms with van der Waals surface area (Å²) < 4.78 is 13.3. The number of carboxylic acid groups (broad SMARTS) is 1. The van der Waals surface area contributed by atoms with Gasteiger partial charge in [-0.2, -0.15) is 0 Å². The molecule has 0 atom stereocenters. The molecule has 1 N–H and O–H groups in total. The first-order valence-corrected chi connectivity index (χ1v) is 10.3. The predicted molar refractivity (Wildman–Crippen MR) is 120 cm³/mol. The van der Waals surface area contributed by atoms with Crippen LogP contribution >= 0.6 is 0 Å². The summed E-state index contributed by atoms with van der Waals surface area (Å²) in [6.07, 6.45) is 2.34. The number of benzene rings is 2. The molecular formula is C25H27N2O5+. The van der Waals surface area contributed by atoms with Crippen molar-refractivity contribution in [3.05, 3.63) is 89.6 Å². The van der Waals surface area contributed by atoms with Crippen molar-refractivity contribution in [1.82, 2.24) is 4.98 Å². The number of nitrogens with zero attached hydrogens (tertiary/aromatic N) is 2. The van der Waals surface area contributed by atoms with Gasteiger partial charge < -0.3 is 14.6 Å². The summed E-state index contributed by atoms with van der Waals surface area (Å²) in [5.74, 6) is 0.425. The van der Waals surface area contributed by atoms with Crippen LogP contribution < -0.4 is 9.47 Å². The largest absolute Gasteiger partial charge is 0.489 e. The van der Waals surface area contributed by atoms with E-state index in [1.165, 1.54) is 0 Å². The van der Waals surface area contributed by atoms with Gasteiger partial charge in [-0.25, -0.2) is 4.98 Å². The second kappa shape index (κ2) is 11.5. The van der Waals surface area contributed by atoms with Gasteiger partial charge in [-0.15, -0.1) is 0 Å². The van der Waals surface area contributed by atoms with Crippen LogP contribution in [0.3, 0.4) is 0 Å². The average molecular weight is 436 g/mol. The predicted octanol–water partition coefficient (Wildman–Crippen LogP) is 3.75. The van der Waals surface area contributed by atoms with E-state index in [0.717, 1.165) is 22.4 Å². The highest BCUT2D eigenvalue weighted by molar-refractivity contribution is 5.97. The quantitative estimate of drug-likeness (QED) is 0.281. The van der Waals surface area contributed by atoms with E-state index in [1.807, 2.05) is 73.8 Å². The molecule has 0 amide bonds. The first-order valence-electron chi connectivity index (χ1n) is 10.3. The van der Waals surface area contributed by atoms with E-state index >= 15 is 0 Å². The Kier molecular flexibility index (Phi) is 8.20. The molecule has 0 radical (unpaired) electrons. The molecule has 3 aromatic rings. The van der Waals surface area contributed by atoms with E-state index in [1.54, 1.807) is 18.0 Å². The standard InChI is InChI=1S/C25H26N2O5/c1-27(30-2)23(21-6-4-3-5-7-21)18-32-24-14-10-20(16-26-24)17-31-22-12-8-19(9-13-22)11-15-25(28)29/h3-10,12-14,16H,11,15,17-18H2,1-2H3/p+1. The zero-order valence-corrected chi connectivity index (χ0v) is 18.2. The Morgan fingerprint density at radius 3 is 2.31 bits per heavy atom. The van der Waals surface area contributed by atoms with Gasteiger partial charge in [0.05, 0.1) is 0 Å². The van der Waals surface area contributed by atoms with Gasteiger partial charge in [0.15, 0.2) is 13.7 Å². The smallest absolute Gasteiger partial charge is 0.303 e. The second-order valence-electron chi connectivity index (χ2n) is 7.11. The van der Waals surface area contributed by atoms with Crippen LogP contribution in [-0.4, -0.2) is 47.3 Å². The normalized spacial score (nSPS) is 11.4.